The summed E-state index contributed by atoms with van der Waals surface area (Å²) in [5.41, 5.74) is 0.382. The summed E-state index contributed by atoms with van der Waals surface area (Å²) in [6, 6.07) is 6.23. The number of azo groups is 1. The van der Waals surface area contributed by atoms with Gasteiger partial charge in [-0.1, -0.05) is 17.7 Å². The van der Waals surface area contributed by atoms with Crippen molar-refractivity contribution in [2.75, 3.05) is 32.9 Å². The fourth-order valence-corrected chi connectivity index (χ4v) is 3.06. The summed E-state index contributed by atoms with van der Waals surface area (Å²) in [6.45, 7) is 1.20. The first-order valence-corrected chi connectivity index (χ1v) is 9.54. The summed E-state index contributed by atoms with van der Waals surface area (Å²) in [7, 11) is 5.72. The Morgan fingerprint density at radius 1 is 0.968 bits per heavy atom. The van der Waals surface area contributed by atoms with E-state index < -0.39 is 17.7 Å². The fraction of sp³-hybridized carbons (Fsp3) is 0.300. The third kappa shape index (κ3) is 5.36. The Kier molecular flexibility index (Phi) is 8.47. The van der Waals surface area contributed by atoms with Crippen LogP contribution in [-0.4, -0.2) is 46.2 Å². The maximum Gasteiger partial charge on any atom is 0.276 e. The summed E-state index contributed by atoms with van der Waals surface area (Å²) in [5, 5.41) is 8.13. The molecule has 2 aromatic rings. The summed E-state index contributed by atoms with van der Waals surface area (Å²) in [5.74, 6) is -0.165. The summed E-state index contributed by atoms with van der Waals surface area (Å²) in [4.78, 5) is 25.1. The SMILES string of the molecule is COc1cc(OC)c(N=NC(C(C)=O)C(=O)N(Cl)c2cccc(OC)c2OC)cc1Cl. The second kappa shape index (κ2) is 10.8. The monoisotopic (exact) mass is 469 g/mol. The molecule has 31 heavy (non-hydrogen) atoms. The standard InChI is InChI=1S/C20H21Cl2N3O6/c1-11(26)18(24-23-13-9-12(21)16(29-3)10-17(13)30-4)20(27)25(22)14-7-6-8-15(28-2)19(14)31-5/h6-10,18H,1-5H3. The highest BCUT2D eigenvalue weighted by molar-refractivity contribution is 6.39. The molecule has 0 aliphatic rings. The number of amides is 1. The number of halogens is 2. The number of nitrogens with zero attached hydrogens (tertiary/aromatic N) is 3. The van der Waals surface area contributed by atoms with Gasteiger partial charge in [-0.25, -0.2) is 4.42 Å². The number of Topliss-reactive ketones (excluding diaryl/α,β-unsaturated/α-hetero) is 1. The summed E-state index contributed by atoms with van der Waals surface area (Å²) >= 11 is 12.4. The number of ketones is 1. The fourth-order valence-electron chi connectivity index (χ4n) is 2.60. The number of ether oxygens (including phenoxy) is 4. The molecule has 2 aromatic carbocycles. The molecule has 166 valence electrons. The molecule has 1 amide bonds. The van der Waals surface area contributed by atoms with Gasteiger partial charge in [0.15, 0.2) is 17.3 Å². The van der Waals surface area contributed by atoms with Gasteiger partial charge in [0.05, 0.1) is 33.5 Å². The normalized spacial score (nSPS) is 11.7. The van der Waals surface area contributed by atoms with Crippen LogP contribution in [0.15, 0.2) is 40.6 Å². The molecule has 0 radical (unpaired) electrons. The van der Waals surface area contributed by atoms with Crippen LogP contribution in [0, 0.1) is 0 Å². The summed E-state index contributed by atoms with van der Waals surface area (Å²) < 4.78 is 21.6. The molecule has 0 N–H and O–H groups in total. The Morgan fingerprint density at radius 3 is 2.16 bits per heavy atom. The van der Waals surface area contributed by atoms with Gasteiger partial charge in [0.2, 0.25) is 6.04 Å². The largest absolute Gasteiger partial charge is 0.495 e. The Balaban J connectivity index is 2.40. The third-order valence-corrected chi connectivity index (χ3v) is 4.78. The van der Waals surface area contributed by atoms with Crippen molar-refractivity contribution in [1.82, 2.24) is 0 Å². The first-order chi connectivity index (χ1) is 14.8. The van der Waals surface area contributed by atoms with Crippen molar-refractivity contribution in [2.45, 2.75) is 13.0 Å². The smallest absolute Gasteiger partial charge is 0.276 e. The van der Waals surface area contributed by atoms with E-state index in [4.69, 9.17) is 42.3 Å². The van der Waals surface area contributed by atoms with Crippen LogP contribution in [0.5, 0.6) is 23.0 Å². The molecule has 9 nitrogen and oxygen atoms in total. The average Bonchev–Trinajstić information content (AvgIpc) is 2.77. The summed E-state index contributed by atoms with van der Waals surface area (Å²) in [6.07, 6.45) is 0. The lowest BCUT2D eigenvalue weighted by Crippen LogP contribution is -2.36. The number of hydrogen-bond donors (Lipinski definition) is 0. The molecule has 0 heterocycles. The molecule has 0 bridgehead atoms. The Labute approximate surface area is 189 Å². The molecule has 2 rings (SSSR count). The van der Waals surface area contributed by atoms with Crippen molar-refractivity contribution in [1.29, 1.82) is 0 Å². The van der Waals surface area contributed by atoms with E-state index in [1.807, 2.05) is 0 Å². The van der Waals surface area contributed by atoms with Gasteiger partial charge in [-0.15, -0.1) is 0 Å². The Bertz CT molecular complexity index is 999. The maximum absolute atomic E-state index is 12.9. The minimum absolute atomic E-state index is 0.181. The lowest BCUT2D eigenvalue weighted by molar-refractivity contribution is -0.126. The quantitative estimate of drug-likeness (QED) is 0.302. The van der Waals surface area contributed by atoms with E-state index in [0.29, 0.717) is 11.5 Å². The second-order valence-corrected chi connectivity index (χ2v) is 6.76. The van der Waals surface area contributed by atoms with Gasteiger partial charge in [-0.05, 0) is 25.1 Å². The zero-order valence-electron chi connectivity index (χ0n) is 17.5. The Hall–Kier alpha value is -3.04. The van der Waals surface area contributed by atoms with E-state index >= 15 is 0 Å². The predicted molar refractivity (Wildman–Crippen MR) is 116 cm³/mol. The first-order valence-electron chi connectivity index (χ1n) is 8.82. The number of methoxy groups -OCH3 is 4. The number of benzene rings is 2. The van der Waals surface area contributed by atoms with Crippen LogP contribution in [0.3, 0.4) is 0 Å². The lowest BCUT2D eigenvalue weighted by Gasteiger charge is -2.20. The van der Waals surface area contributed by atoms with Gasteiger partial charge >= 0.3 is 0 Å². The molecule has 0 saturated heterocycles. The van der Waals surface area contributed by atoms with Crippen LogP contribution < -0.4 is 23.4 Å². The number of para-hydroxylation sites is 1. The minimum Gasteiger partial charge on any atom is -0.495 e. The topological polar surface area (TPSA) is 99.0 Å². The van der Waals surface area contributed by atoms with E-state index in [1.165, 1.54) is 53.6 Å². The number of rotatable bonds is 9. The molecule has 0 spiro atoms. The maximum atomic E-state index is 12.9. The number of hydrogen-bond acceptors (Lipinski definition) is 8. The van der Waals surface area contributed by atoms with Gasteiger partial charge < -0.3 is 18.9 Å². The third-order valence-electron chi connectivity index (χ3n) is 4.14. The molecule has 1 atom stereocenters. The highest BCUT2D eigenvalue weighted by atomic mass is 35.5. The van der Waals surface area contributed by atoms with Crippen molar-refractivity contribution < 1.29 is 28.5 Å². The van der Waals surface area contributed by atoms with Crippen molar-refractivity contribution in [3.05, 3.63) is 35.4 Å². The zero-order valence-corrected chi connectivity index (χ0v) is 19.0. The van der Waals surface area contributed by atoms with Gasteiger partial charge in [0.25, 0.3) is 5.91 Å². The van der Waals surface area contributed by atoms with Crippen molar-refractivity contribution in [3.63, 3.8) is 0 Å². The molecule has 0 aromatic heterocycles. The van der Waals surface area contributed by atoms with E-state index in [-0.39, 0.29) is 27.9 Å². The first kappa shape index (κ1) is 24.2. The highest BCUT2D eigenvalue weighted by Gasteiger charge is 2.31. The van der Waals surface area contributed by atoms with Crippen LogP contribution in [0.4, 0.5) is 11.4 Å². The van der Waals surface area contributed by atoms with Crippen molar-refractivity contribution in [2.24, 2.45) is 10.2 Å². The van der Waals surface area contributed by atoms with Crippen molar-refractivity contribution >= 4 is 46.4 Å². The van der Waals surface area contributed by atoms with Gasteiger partial charge in [0.1, 0.15) is 22.9 Å². The Morgan fingerprint density at radius 2 is 1.61 bits per heavy atom. The molecular weight excluding hydrogens is 449 g/mol. The van der Waals surface area contributed by atoms with E-state index in [2.05, 4.69) is 10.2 Å². The van der Waals surface area contributed by atoms with Crippen LogP contribution >= 0.6 is 23.4 Å². The van der Waals surface area contributed by atoms with Crippen molar-refractivity contribution in [3.8, 4) is 23.0 Å². The van der Waals surface area contributed by atoms with Crippen LogP contribution in [0.1, 0.15) is 6.92 Å². The molecule has 11 heteroatoms. The zero-order chi connectivity index (χ0) is 23.1. The van der Waals surface area contributed by atoms with Crippen LogP contribution in [0.25, 0.3) is 0 Å². The molecule has 0 saturated carbocycles. The second-order valence-electron chi connectivity index (χ2n) is 6.02. The van der Waals surface area contributed by atoms with E-state index in [0.717, 1.165) is 4.42 Å². The van der Waals surface area contributed by atoms with Crippen LogP contribution in [-0.2, 0) is 9.59 Å². The van der Waals surface area contributed by atoms with E-state index in [9.17, 15) is 9.59 Å². The molecule has 0 fully saturated rings. The van der Waals surface area contributed by atoms with Crippen LogP contribution in [0.2, 0.25) is 5.02 Å². The van der Waals surface area contributed by atoms with E-state index in [1.54, 1.807) is 12.1 Å². The van der Waals surface area contributed by atoms with Gasteiger partial charge in [-0.3, -0.25) is 9.59 Å². The number of carbonyl (C=O) groups excluding carboxylic acids is 2. The highest BCUT2D eigenvalue weighted by Crippen LogP contribution is 2.39. The molecular formula is C20H21Cl2N3O6. The molecule has 0 aliphatic carbocycles. The van der Waals surface area contributed by atoms with Gasteiger partial charge in [0, 0.05) is 17.8 Å². The lowest BCUT2D eigenvalue weighted by atomic mass is 10.2. The van der Waals surface area contributed by atoms with Gasteiger partial charge in [-0.2, -0.15) is 10.2 Å². The number of anilines is 1. The minimum atomic E-state index is -1.51. The molecule has 0 aliphatic heterocycles. The average molecular weight is 470 g/mol. The number of carbonyl (C=O) groups is 2. The predicted octanol–water partition coefficient (Wildman–Crippen LogP) is 4.60. The molecule has 1 unspecified atom stereocenters.